The lowest BCUT2D eigenvalue weighted by Crippen LogP contribution is -2.53. The second kappa shape index (κ2) is 10.2. The molecule has 0 spiro atoms. The van der Waals surface area contributed by atoms with Crippen LogP contribution in [0.1, 0.15) is 24.8 Å². The zero-order valence-corrected chi connectivity index (χ0v) is 20.8. The molecule has 2 aliphatic rings. The SMILES string of the molecule is N#Cc1cc2c(cc1Sc1nc3c(N)ncnc3n1CCC1CCN(C(=O)[C@@H](N)C(F)(F)F)CC1)OCO2. The fourth-order valence-electron chi connectivity index (χ4n) is 4.50. The number of hydrogen-bond acceptors (Lipinski definition) is 10. The highest BCUT2D eigenvalue weighted by Crippen LogP contribution is 2.41. The van der Waals surface area contributed by atoms with E-state index in [1.807, 2.05) is 4.57 Å². The Morgan fingerprint density at radius 3 is 2.63 bits per heavy atom. The van der Waals surface area contributed by atoms with Crippen molar-refractivity contribution in [1.29, 1.82) is 5.26 Å². The molecule has 2 aromatic heterocycles. The van der Waals surface area contributed by atoms with Crippen LogP contribution in [0.25, 0.3) is 11.2 Å². The molecular weight excluding hydrogens is 525 g/mol. The van der Waals surface area contributed by atoms with Crippen molar-refractivity contribution in [2.45, 2.75) is 48.1 Å². The highest BCUT2D eigenvalue weighted by molar-refractivity contribution is 7.99. The van der Waals surface area contributed by atoms with Crippen LogP contribution < -0.4 is 20.9 Å². The number of aromatic nitrogens is 4. The van der Waals surface area contributed by atoms with Gasteiger partial charge in [-0.15, -0.1) is 0 Å². The zero-order chi connectivity index (χ0) is 27.0. The summed E-state index contributed by atoms with van der Waals surface area (Å²) in [4.78, 5) is 26.9. The first-order chi connectivity index (χ1) is 18.2. The number of likely N-dealkylation sites (tertiary alicyclic amines) is 1. The van der Waals surface area contributed by atoms with Crippen LogP contribution in [0.2, 0.25) is 0 Å². The molecule has 0 bridgehead atoms. The third kappa shape index (κ3) is 5.01. The molecule has 11 nitrogen and oxygen atoms in total. The Hall–Kier alpha value is -3.77. The van der Waals surface area contributed by atoms with E-state index in [0.717, 1.165) is 0 Å². The summed E-state index contributed by atoms with van der Waals surface area (Å²) in [6, 6.07) is 3.00. The average molecular weight is 549 g/mol. The number of aryl methyl sites for hydroxylation is 1. The van der Waals surface area contributed by atoms with Gasteiger partial charge in [-0.2, -0.15) is 18.4 Å². The van der Waals surface area contributed by atoms with Gasteiger partial charge in [0.05, 0.1) is 5.56 Å². The lowest BCUT2D eigenvalue weighted by molar-refractivity contribution is -0.170. The number of hydrogen-bond donors (Lipinski definition) is 2. The summed E-state index contributed by atoms with van der Waals surface area (Å²) in [7, 11) is 0. The molecule has 1 saturated heterocycles. The minimum absolute atomic E-state index is 0.0749. The molecule has 4 N–H and O–H groups in total. The number of rotatable bonds is 6. The number of fused-ring (bicyclic) bond motifs is 2. The third-order valence-corrected chi connectivity index (χ3v) is 7.68. The number of halogens is 3. The Labute approximate surface area is 218 Å². The monoisotopic (exact) mass is 548 g/mol. The number of nitrogens with two attached hydrogens (primary N) is 2. The standard InChI is InChI=1S/C23H23F3N8O3S/c24-23(25,26)18(28)21(35)33-4-1-12(2-5-33)3-6-34-20-17(19(29)30-10-31-20)32-22(34)38-16-8-15-14(36-11-37-15)7-13(16)9-27/h7-8,10,12,18H,1-6,11,28H2,(H2,29,30,31)/t18-/m1/s1. The lowest BCUT2D eigenvalue weighted by atomic mass is 9.93. The predicted octanol–water partition coefficient (Wildman–Crippen LogP) is 2.68. The number of benzene rings is 1. The first kappa shape index (κ1) is 25.9. The predicted molar refractivity (Wildman–Crippen MR) is 129 cm³/mol. The van der Waals surface area contributed by atoms with Crippen LogP contribution in [0.4, 0.5) is 19.0 Å². The fourth-order valence-corrected chi connectivity index (χ4v) is 5.50. The molecule has 0 unspecified atom stereocenters. The molecule has 200 valence electrons. The summed E-state index contributed by atoms with van der Waals surface area (Å²) in [5.41, 5.74) is 12.5. The first-order valence-corrected chi connectivity index (χ1v) is 12.6. The van der Waals surface area contributed by atoms with Gasteiger partial charge in [0.25, 0.3) is 0 Å². The van der Waals surface area contributed by atoms with E-state index in [0.29, 0.717) is 64.1 Å². The second-order valence-electron chi connectivity index (χ2n) is 8.97. The topological polar surface area (TPSA) is 158 Å². The van der Waals surface area contributed by atoms with E-state index < -0.39 is 18.1 Å². The van der Waals surface area contributed by atoms with Crippen LogP contribution in [0.15, 0.2) is 28.5 Å². The van der Waals surface area contributed by atoms with Crippen LogP contribution in [0.5, 0.6) is 11.5 Å². The number of imidazole rings is 1. The molecule has 0 saturated carbocycles. The van der Waals surface area contributed by atoms with E-state index in [9.17, 15) is 23.2 Å². The maximum Gasteiger partial charge on any atom is 0.412 e. The van der Waals surface area contributed by atoms with Crippen LogP contribution in [-0.2, 0) is 11.3 Å². The van der Waals surface area contributed by atoms with E-state index >= 15 is 0 Å². The van der Waals surface area contributed by atoms with Gasteiger partial charge in [0, 0.05) is 30.6 Å². The number of amides is 1. The number of nitrogen functional groups attached to an aromatic ring is 1. The number of nitriles is 1. The smallest absolute Gasteiger partial charge is 0.412 e. The lowest BCUT2D eigenvalue weighted by Gasteiger charge is -2.34. The van der Waals surface area contributed by atoms with Crippen molar-refractivity contribution in [2.75, 3.05) is 25.6 Å². The highest BCUT2D eigenvalue weighted by atomic mass is 32.2. The first-order valence-electron chi connectivity index (χ1n) is 11.7. The van der Waals surface area contributed by atoms with Crippen molar-refractivity contribution in [2.24, 2.45) is 11.7 Å². The second-order valence-corrected chi connectivity index (χ2v) is 9.98. The quantitative estimate of drug-likeness (QED) is 0.469. The number of alkyl halides is 3. The largest absolute Gasteiger partial charge is 0.454 e. The third-order valence-electron chi connectivity index (χ3n) is 6.63. The molecule has 0 aliphatic carbocycles. The van der Waals surface area contributed by atoms with Crippen molar-refractivity contribution in [1.82, 2.24) is 24.4 Å². The Bertz CT molecular complexity index is 1420. The Kier molecular flexibility index (Phi) is 6.93. The van der Waals surface area contributed by atoms with Crippen LogP contribution >= 0.6 is 11.8 Å². The molecule has 1 amide bonds. The summed E-state index contributed by atoms with van der Waals surface area (Å²) in [6.45, 7) is 0.975. The zero-order valence-electron chi connectivity index (χ0n) is 19.9. The summed E-state index contributed by atoms with van der Waals surface area (Å²) in [6.07, 6.45) is -1.66. The maximum atomic E-state index is 12.8. The van der Waals surface area contributed by atoms with Crippen molar-refractivity contribution < 1.29 is 27.4 Å². The van der Waals surface area contributed by atoms with Gasteiger partial charge in [-0.1, -0.05) is 11.8 Å². The van der Waals surface area contributed by atoms with Crippen LogP contribution in [0.3, 0.4) is 0 Å². The number of nitrogens with zero attached hydrogens (tertiary/aromatic N) is 6. The van der Waals surface area contributed by atoms with Crippen molar-refractivity contribution in [3.8, 4) is 17.6 Å². The van der Waals surface area contributed by atoms with Gasteiger partial charge in [0.15, 0.2) is 39.7 Å². The molecule has 1 atom stereocenters. The van der Waals surface area contributed by atoms with Gasteiger partial charge in [0.1, 0.15) is 12.4 Å². The van der Waals surface area contributed by atoms with Gasteiger partial charge in [0.2, 0.25) is 12.7 Å². The average Bonchev–Trinajstić information content (AvgIpc) is 3.50. The van der Waals surface area contributed by atoms with Crippen LogP contribution in [-0.4, -0.2) is 62.4 Å². The van der Waals surface area contributed by atoms with Gasteiger partial charge in [-0.25, -0.2) is 15.0 Å². The highest BCUT2D eigenvalue weighted by Gasteiger charge is 2.44. The molecule has 5 rings (SSSR count). The summed E-state index contributed by atoms with van der Waals surface area (Å²) in [5, 5.41) is 10.2. The molecule has 1 fully saturated rings. The molecule has 3 aromatic rings. The summed E-state index contributed by atoms with van der Waals surface area (Å²) < 4.78 is 51.2. The van der Waals surface area contributed by atoms with E-state index in [1.165, 1.54) is 23.0 Å². The number of anilines is 1. The van der Waals surface area contributed by atoms with Gasteiger partial charge in [-0.05, 0) is 31.2 Å². The van der Waals surface area contributed by atoms with E-state index in [1.54, 1.807) is 12.1 Å². The van der Waals surface area contributed by atoms with Gasteiger partial charge >= 0.3 is 6.18 Å². The Balaban J connectivity index is 1.33. The van der Waals surface area contributed by atoms with Crippen LogP contribution in [0, 0.1) is 17.2 Å². The minimum atomic E-state index is -4.77. The minimum Gasteiger partial charge on any atom is -0.454 e. The Morgan fingerprint density at radius 2 is 1.95 bits per heavy atom. The molecule has 15 heteroatoms. The maximum absolute atomic E-state index is 12.8. The molecule has 38 heavy (non-hydrogen) atoms. The van der Waals surface area contributed by atoms with E-state index in [4.69, 9.17) is 20.9 Å². The normalized spacial score (nSPS) is 16.6. The van der Waals surface area contributed by atoms with Crippen molar-refractivity contribution in [3.05, 3.63) is 24.0 Å². The van der Waals surface area contributed by atoms with E-state index in [-0.39, 0.29) is 31.6 Å². The fraction of sp³-hybridized carbons (Fsp3) is 0.435. The van der Waals surface area contributed by atoms with Gasteiger partial charge < -0.3 is 30.4 Å². The number of ether oxygens (including phenoxy) is 2. The number of carbonyl (C=O) groups is 1. The van der Waals surface area contributed by atoms with Gasteiger partial charge in [-0.3, -0.25) is 4.79 Å². The number of carbonyl (C=O) groups excluding carboxylic acids is 1. The molecule has 0 radical (unpaired) electrons. The molecule has 2 aliphatic heterocycles. The Morgan fingerprint density at radius 1 is 1.24 bits per heavy atom. The number of piperidine rings is 1. The van der Waals surface area contributed by atoms with Crippen molar-refractivity contribution >= 4 is 34.7 Å². The molecule has 1 aromatic carbocycles. The summed E-state index contributed by atoms with van der Waals surface area (Å²) in [5.74, 6) is 0.306. The molecular formula is C23H23F3N8O3S. The molecule has 4 heterocycles. The van der Waals surface area contributed by atoms with Crippen molar-refractivity contribution in [3.63, 3.8) is 0 Å². The van der Waals surface area contributed by atoms with E-state index in [2.05, 4.69) is 21.0 Å². The summed E-state index contributed by atoms with van der Waals surface area (Å²) >= 11 is 1.26.